The summed E-state index contributed by atoms with van der Waals surface area (Å²) in [5, 5.41) is 4.02. The molecule has 0 saturated carbocycles. The van der Waals surface area contributed by atoms with Crippen molar-refractivity contribution in [3.63, 3.8) is 0 Å². The Bertz CT molecular complexity index is 1140. The lowest BCUT2D eigenvalue weighted by atomic mass is 10.0. The van der Waals surface area contributed by atoms with E-state index in [1.54, 1.807) is 19.1 Å². The fourth-order valence-corrected chi connectivity index (χ4v) is 4.77. The summed E-state index contributed by atoms with van der Waals surface area (Å²) in [5.41, 5.74) is 4.23. The fraction of sp³-hybridized carbons (Fsp3) is 0.308. The van der Waals surface area contributed by atoms with E-state index in [-0.39, 0.29) is 18.9 Å². The van der Waals surface area contributed by atoms with Crippen LogP contribution in [-0.2, 0) is 9.53 Å². The number of rotatable bonds is 9. The summed E-state index contributed by atoms with van der Waals surface area (Å²) in [6.45, 7) is 8.40. The maximum absolute atomic E-state index is 12.8. The average molecular weight is 486 g/mol. The van der Waals surface area contributed by atoms with Crippen LogP contribution >= 0.6 is 22.9 Å². The van der Waals surface area contributed by atoms with E-state index < -0.39 is 5.97 Å². The van der Waals surface area contributed by atoms with Gasteiger partial charge in [-0.05, 0) is 63.4 Å². The second-order valence-corrected chi connectivity index (χ2v) is 9.40. The first-order chi connectivity index (χ1) is 15.8. The molecule has 0 fully saturated rings. The van der Waals surface area contributed by atoms with Crippen molar-refractivity contribution in [2.24, 2.45) is 0 Å². The van der Waals surface area contributed by atoms with Crippen molar-refractivity contribution in [2.45, 2.75) is 40.5 Å². The van der Waals surface area contributed by atoms with Crippen LogP contribution in [0.25, 0.3) is 11.1 Å². The summed E-state index contributed by atoms with van der Waals surface area (Å²) in [6.07, 6.45) is 0.836. The molecule has 7 heteroatoms. The van der Waals surface area contributed by atoms with Crippen molar-refractivity contribution in [1.82, 2.24) is 0 Å². The topological polar surface area (TPSA) is 64.6 Å². The Morgan fingerprint density at radius 2 is 1.79 bits per heavy atom. The molecular formula is C26H28ClNO4S. The van der Waals surface area contributed by atoms with Gasteiger partial charge in [-0.1, -0.05) is 41.4 Å². The average Bonchev–Trinajstić information content (AvgIpc) is 3.08. The number of hydrogen-bond acceptors (Lipinski definition) is 5. The van der Waals surface area contributed by atoms with Gasteiger partial charge in [-0.3, -0.25) is 4.79 Å². The highest BCUT2D eigenvalue weighted by Crippen LogP contribution is 2.40. The second-order valence-electron chi connectivity index (χ2n) is 7.73. The van der Waals surface area contributed by atoms with E-state index in [9.17, 15) is 9.59 Å². The first-order valence-electron chi connectivity index (χ1n) is 10.9. The third-order valence-electron chi connectivity index (χ3n) is 5.09. The minimum absolute atomic E-state index is 0.173. The zero-order valence-corrected chi connectivity index (χ0v) is 20.9. The molecule has 0 unspecified atom stereocenters. The van der Waals surface area contributed by atoms with E-state index in [0.29, 0.717) is 28.6 Å². The molecule has 0 aliphatic rings. The molecular weight excluding hydrogens is 458 g/mol. The van der Waals surface area contributed by atoms with Crippen molar-refractivity contribution < 1.29 is 19.1 Å². The molecule has 0 atom stereocenters. The van der Waals surface area contributed by atoms with Gasteiger partial charge < -0.3 is 14.8 Å². The highest BCUT2D eigenvalue weighted by molar-refractivity contribution is 7.17. The Morgan fingerprint density at radius 1 is 1.06 bits per heavy atom. The Hall–Kier alpha value is -2.83. The Labute approximate surface area is 203 Å². The SMILES string of the molecule is CCOC(=O)c1c(NC(=O)CCCOc2ccc(C)cc2C)sc(C)c1-c1ccc(Cl)cc1. The highest BCUT2D eigenvalue weighted by atomic mass is 35.5. The zero-order valence-electron chi connectivity index (χ0n) is 19.3. The molecule has 3 aromatic rings. The molecule has 0 aliphatic heterocycles. The van der Waals surface area contributed by atoms with Crippen LogP contribution in [0.15, 0.2) is 42.5 Å². The van der Waals surface area contributed by atoms with Crippen LogP contribution in [0.4, 0.5) is 5.00 Å². The lowest BCUT2D eigenvalue weighted by molar-refractivity contribution is -0.116. The number of amides is 1. The lowest BCUT2D eigenvalue weighted by Crippen LogP contribution is -2.15. The van der Waals surface area contributed by atoms with Crippen LogP contribution in [0.1, 0.15) is 46.1 Å². The first kappa shape index (κ1) is 24.8. The van der Waals surface area contributed by atoms with Gasteiger partial charge in [-0.2, -0.15) is 0 Å². The van der Waals surface area contributed by atoms with Crippen LogP contribution in [0.3, 0.4) is 0 Å². The molecule has 1 heterocycles. The Balaban J connectivity index is 1.70. The molecule has 1 N–H and O–H groups in total. The van der Waals surface area contributed by atoms with Crippen molar-refractivity contribution in [3.05, 3.63) is 69.1 Å². The number of ether oxygens (including phenoxy) is 2. The van der Waals surface area contributed by atoms with Gasteiger partial charge >= 0.3 is 5.97 Å². The summed E-state index contributed by atoms with van der Waals surface area (Å²) in [5.74, 6) is 0.195. The van der Waals surface area contributed by atoms with E-state index in [2.05, 4.69) is 11.4 Å². The number of benzene rings is 2. The summed E-state index contributed by atoms with van der Waals surface area (Å²) in [6, 6.07) is 13.3. The first-order valence-corrected chi connectivity index (χ1v) is 12.1. The molecule has 3 rings (SSSR count). The number of anilines is 1. The summed E-state index contributed by atoms with van der Waals surface area (Å²) >= 11 is 7.39. The number of thiophene rings is 1. The molecule has 0 aliphatic carbocycles. The smallest absolute Gasteiger partial charge is 0.341 e. The molecule has 0 saturated heterocycles. The molecule has 0 bridgehead atoms. The standard InChI is InChI=1S/C26H28ClNO4S/c1-5-31-26(30)24-23(19-9-11-20(27)12-10-19)18(4)33-25(24)28-22(29)7-6-14-32-21-13-8-16(2)15-17(21)3/h8-13,15H,5-7,14H2,1-4H3,(H,28,29). The van der Waals surface area contributed by atoms with Crippen molar-refractivity contribution in [2.75, 3.05) is 18.5 Å². The quantitative estimate of drug-likeness (QED) is 0.262. The second kappa shape index (κ2) is 11.3. The number of aryl methyl sites for hydroxylation is 3. The third kappa shape index (κ3) is 6.36. The van der Waals surface area contributed by atoms with Crippen molar-refractivity contribution in [1.29, 1.82) is 0 Å². The largest absolute Gasteiger partial charge is 0.493 e. The zero-order chi connectivity index (χ0) is 24.0. The molecule has 33 heavy (non-hydrogen) atoms. The molecule has 5 nitrogen and oxygen atoms in total. The van der Waals surface area contributed by atoms with Crippen molar-refractivity contribution in [3.8, 4) is 16.9 Å². The minimum Gasteiger partial charge on any atom is -0.493 e. The number of hydrogen-bond donors (Lipinski definition) is 1. The van der Waals surface area contributed by atoms with Gasteiger partial charge in [-0.15, -0.1) is 11.3 Å². The predicted octanol–water partition coefficient (Wildman–Crippen LogP) is 6.97. The van der Waals surface area contributed by atoms with Crippen LogP contribution in [0.5, 0.6) is 5.75 Å². The minimum atomic E-state index is -0.458. The molecule has 2 aromatic carbocycles. The number of carbonyl (C=O) groups excluding carboxylic acids is 2. The maximum atomic E-state index is 12.8. The van der Waals surface area contributed by atoms with Gasteiger partial charge in [0.2, 0.25) is 5.91 Å². The monoisotopic (exact) mass is 485 g/mol. The van der Waals surface area contributed by atoms with E-state index >= 15 is 0 Å². The van der Waals surface area contributed by atoms with E-state index in [0.717, 1.165) is 27.3 Å². The summed E-state index contributed by atoms with van der Waals surface area (Å²) in [7, 11) is 0. The van der Waals surface area contributed by atoms with Gasteiger partial charge in [0.25, 0.3) is 0 Å². The van der Waals surface area contributed by atoms with Gasteiger partial charge in [-0.25, -0.2) is 4.79 Å². The Kier molecular flexibility index (Phi) is 8.53. The molecule has 0 radical (unpaired) electrons. The van der Waals surface area contributed by atoms with Crippen LogP contribution in [0.2, 0.25) is 5.02 Å². The molecule has 1 aromatic heterocycles. The maximum Gasteiger partial charge on any atom is 0.341 e. The van der Waals surface area contributed by atoms with Crippen LogP contribution in [0, 0.1) is 20.8 Å². The summed E-state index contributed by atoms with van der Waals surface area (Å²) < 4.78 is 11.1. The lowest BCUT2D eigenvalue weighted by Gasteiger charge is -2.11. The number of halogens is 1. The summed E-state index contributed by atoms with van der Waals surface area (Å²) in [4.78, 5) is 26.3. The number of nitrogens with one attached hydrogen (secondary N) is 1. The van der Waals surface area contributed by atoms with Gasteiger partial charge in [0, 0.05) is 21.9 Å². The third-order valence-corrected chi connectivity index (χ3v) is 6.36. The Morgan fingerprint density at radius 3 is 2.45 bits per heavy atom. The van der Waals surface area contributed by atoms with E-state index in [1.807, 2.05) is 45.0 Å². The molecule has 1 amide bonds. The molecule has 174 valence electrons. The highest BCUT2D eigenvalue weighted by Gasteiger charge is 2.25. The van der Waals surface area contributed by atoms with Gasteiger partial charge in [0.1, 0.15) is 16.3 Å². The van der Waals surface area contributed by atoms with E-state index in [4.69, 9.17) is 21.1 Å². The van der Waals surface area contributed by atoms with Crippen LogP contribution in [-0.4, -0.2) is 25.1 Å². The molecule has 0 spiro atoms. The number of carbonyl (C=O) groups is 2. The fourth-order valence-electron chi connectivity index (χ4n) is 3.56. The normalized spacial score (nSPS) is 10.7. The van der Waals surface area contributed by atoms with E-state index in [1.165, 1.54) is 16.9 Å². The van der Waals surface area contributed by atoms with Gasteiger partial charge in [0.15, 0.2) is 0 Å². The van der Waals surface area contributed by atoms with Crippen LogP contribution < -0.4 is 10.1 Å². The predicted molar refractivity (Wildman–Crippen MR) is 135 cm³/mol. The van der Waals surface area contributed by atoms with Crippen molar-refractivity contribution >= 4 is 39.8 Å². The van der Waals surface area contributed by atoms with Gasteiger partial charge in [0.05, 0.1) is 13.2 Å². The number of esters is 1.